The van der Waals surface area contributed by atoms with Gasteiger partial charge in [0.15, 0.2) is 0 Å². The summed E-state index contributed by atoms with van der Waals surface area (Å²) in [5.74, 6) is 1.93. The first-order chi connectivity index (χ1) is 9.62. The Hall–Kier alpha value is -0.800. The lowest BCUT2D eigenvalue weighted by molar-refractivity contribution is -0.133. The molecule has 1 saturated heterocycles. The molecule has 2 heterocycles. The van der Waals surface area contributed by atoms with Crippen LogP contribution in [0, 0.1) is 0 Å². The Morgan fingerprint density at radius 3 is 2.24 bits per heavy atom. The van der Waals surface area contributed by atoms with Crippen LogP contribution in [0.25, 0.3) is 0 Å². The fourth-order valence-corrected chi connectivity index (χ4v) is 3.23. The van der Waals surface area contributed by atoms with E-state index >= 15 is 0 Å². The van der Waals surface area contributed by atoms with Gasteiger partial charge in [0, 0.05) is 24.7 Å². The highest BCUT2D eigenvalue weighted by atomic mass is 35.5. The maximum atomic E-state index is 6.15. The second-order valence-corrected chi connectivity index (χ2v) is 7.79. The average Bonchev–Trinajstić information content (AvgIpc) is 2.34. The molecule has 2 rings (SSSR count). The second-order valence-electron chi connectivity index (χ2n) is 7.52. The summed E-state index contributed by atoms with van der Waals surface area (Å²) < 4.78 is 6.15. The molecule has 1 fully saturated rings. The molecule has 0 saturated carbocycles. The van der Waals surface area contributed by atoms with E-state index in [1.54, 1.807) is 0 Å². The molecule has 0 atom stereocenters. The standard InChI is InChI=1S/C17H27ClN2O/c1-12(2)14-7-13(9-18)8-15(19-14)20-10-16(3,4)21-17(5,6)11-20/h7-8,12H,9-11H2,1-6H3. The maximum Gasteiger partial charge on any atom is 0.129 e. The SMILES string of the molecule is CC(C)c1cc(CCl)cc(N2CC(C)(C)OC(C)(C)C2)n1. The fraction of sp³-hybridized carbons (Fsp3) is 0.706. The van der Waals surface area contributed by atoms with Crippen LogP contribution in [0.3, 0.4) is 0 Å². The van der Waals surface area contributed by atoms with Gasteiger partial charge in [0.05, 0.1) is 11.2 Å². The molecule has 3 nitrogen and oxygen atoms in total. The minimum atomic E-state index is -0.182. The smallest absolute Gasteiger partial charge is 0.129 e. The van der Waals surface area contributed by atoms with Crippen LogP contribution < -0.4 is 4.90 Å². The van der Waals surface area contributed by atoms with Crippen LogP contribution in [0.15, 0.2) is 12.1 Å². The molecule has 4 heteroatoms. The van der Waals surface area contributed by atoms with Crippen molar-refractivity contribution in [2.24, 2.45) is 0 Å². The van der Waals surface area contributed by atoms with E-state index in [1.807, 2.05) is 0 Å². The average molecular weight is 311 g/mol. The lowest BCUT2D eigenvalue weighted by Crippen LogP contribution is -2.57. The van der Waals surface area contributed by atoms with Gasteiger partial charge in [-0.05, 0) is 51.3 Å². The molecule has 0 spiro atoms. The Morgan fingerprint density at radius 2 is 1.76 bits per heavy atom. The van der Waals surface area contributed by atoms with Crippen LogP contribution in [-0.2, 0) is 10.6 Å². The van der Waals surface area contributed by atoms with Crippen LogP contribution in [0.1, 0.15) is 58.7 Å². The Labute approximate surface area is 133 Å². The van der Waals surface area contributed by atoms with Crippen molar-refractivity contribution in [3.63, 3.8) is 0 Å². The fourth-order valence-electron chi connectivity index (χ4n) is 3.08. The minimum Gasteiger partial charge on any atom is -0.366 e. The Morgan fingerprint density at radius 1 is 1.19 bits per heavy atom. The van der Waals surface area contributed by atoms with E-state index in [-0.39, 0.29) is 11.2 Å². The molecule has 1 aromatic heterocycles. The van der Waals surface area contributed by atoms with E-state index < -0.39 is 0 Å². The molecule has 0 unspecified atom stereocenters. The first-order valence-corrected chi connectivity index (χ1v) is 8.17. The van der Waals surface area contributed by atoms with Gasteiger partial charge in [-0.25, -0.2) is 4.98 Å². The highest BCUT2D eigenvalue weighted by molar-refractivity contribution is 6.17. The first kappa shape index (κ1) is 16.6. The molecule has 0 amide bonds. The number of anilines is 1. The Balaban J connectivity index is 2.38. The Bertz CT molecular complexity index is 496. The van der Waals surface area contributed by atoms with E-state index in [4.69, 9.17) is 21.3 Å². The predicted octanol–water partition coefficient (Wildman–Crippen LogP) is 4.34. The number of hydrogen-bond acceptors (Lipinski definition) is 3. The van der Waals surface area contributed by atoms with Crippen molar-refractivity contribution in [3.8, 4) is 0 Å². The molecule has 1 aliphatic rings. The van der Waals surface area contributed by atoms with Gasteiger partial charge in [0.1, 0.15) is 5.82 Å². The van der Waals surface area contributed by atoms with E-state index in [1.165, 1.54) is 0 Å². The molecule has 1 aliphatic heterocycles. The van der Waals surface area contributed by atoms with Crippen molar-refractivity contribution in [1.29, 1.82) is 0 Å². The van der Waals surface area contributed by atoms with Crippen LogP contribution >= 0.6 is 11.6 Å². The zero-order valence-electron chi connectivity index (χ0n) is 14.0. The molecule has 21 heavy (non-hydrogen) atoms. The predicted molar refractivity (Wildman–Crippen MR) is 89.3 cm³/mol. The number of aromatic nitrogens is 1. The number of morpholine rings is 1. The number of nitrogens with zero attached hydrogens (tertiary/aromatic N) is 2. The highest BCUT2D eigenvalue weighted by Crippen LogP contribution is 2.32. The molecular weight excluding hydrogens is 284 g/mol. The summed E-state index contributed by atoms with van der Waals surface area (Å²) in [6.45, 7) is 14.5. The highest BCUT2D eigenvalue weighted by Gasteiger charge is 2.38. The number of alkyl halides is 1. The van der Waals surface area contributed by atoms with Crippen molar-refractivity contribution < 1.29 is 4.74 Å². The van der Waals surface area contributed by atoms with E-state index in [2.05, 4.69) is 58.6 Å². The summed E-state index contributed by atoms with van der Waals surface area (Å²) >= 11 is 6.06. The minimum absolute atomic E-state index is 0.182. The maximum absolute atomic E-state index is 6.15. The molecule has 0 radical (unpaired) electrons. The topological polar surface area (TPSA) is 25.4 Å². The molecule has 0 aliphatic carbocycles. The van der Waals surface area contributed by atoms with Crippen LogP contribution in [0.4, 0.5) is 5.82 Å². The summed E-state index contributed by atoms with van der Waals surface area (Å²) in [5, 5.41) is 0. The van der Waals surface area contributed by atoms with Gasteiger partial charge in [-0.2, -0.15) is 0 Å². The number of halogens is 1. The number of hydrogen-bond donors (Lipinski definition) is 0. The van der Waals surface area contributed by atoms with Crippen molar-refractivity contribution in [2.75, 3.05) is 18.0 Å². The largest absolute Gasteiger partial charge is 0.366 e. The summed E-state index contributed by atoms with van der Waals surface area (Å²) in [6, 6.07) is 4.22. The van der Waals surface area contributed by atoms with Gasteiger partial charge in [0.2, 0.25) is 0 Å². The first-order valence-electron chi connectivity index (χ1n) is 7.64. The number of rotatable bonds is 3. The van der Waals surface area contributed by atoms with Gasteiger partial charge in [-0.3, -0.25) is 0 Å². The van der Waals surface area contributed by atoms with Crippen molar-refractivity contribution in [1.82, 2.24) is 4.98 Å². The molecule has 0 bridgehead atoms. The molecule has 118 valence electrons. The third kappa shape index (κ3) is 4.10. The summed E-state index contributed by atoms with van der Waals surface area (Å²) in [5.41, 5.74) is 1.87. The molecule has 0 aromatic carbocycles. The summed E-state index contributed by atoms with van der Waals surface area (Å²) in [6.07, 6.45) is 0. The second kappa shape index (κ2) is 5.77. The van der Waals surface area contributed by atoms with E-state index in [9.17, 15) is 0 Å². The van der Waals surface area contributed by atoms with Crippen molar-refractivity contribution in [3.05, 3.63) is 23.4 Å². The normalized spacial score (nSPS) is 20.9. The molecule has 0 N–H and O–H groups in total. The zero-order valence-corrected chi connectivity index (χ0v) is 14.8. The van der Waals surface area contributed by atoms with Gasteiger partial charge < -0.3 is 9.64 Å². The van der Waals surface area contributed by atoms with Crippen LogP contribution in [0.5, 0.6) is 0 Å². The van der Waals surface area contributed by atoms with Crippen LogP contribution in [0.2, 0.25) is 0 Å². The van der Waals surface area contributed by atoms with Gasteiger partial charge in [0.25, 0.3) is 0 Å². The summed E-state index contributed by atoms with van der Waals surface area (Å²) in [7, 11) is 0. The monoisotopic (exact) mass is 310 g/mol. The number of pyridine rings is 1. The lowest BCUT2D eigenvalue weighted by atomic mass is 9.98. The summed E-state index contributed by atoms with van der Waals surface area (Å²) in [4.78, 5) is 7.17. The van der Waals surface area contributed by atoms with E-state index in [0.29, 0.717) is 11.8 Å². The lowest BCUT2D eigenvalue weighted by Gasteiger charge is -2.47. The third-order valence-corrected chi connectivity index (χ3v) is 3.97. The quantitative estimate of drug-likeness (QED) is 0.777. The van der Waals surface area contributed by atoms with Crippen LogP contribution in [-0.4, -0.2) is 29.3 Å². The van der Waals surface area contributed by atoms with E-state index in [0.717, 1.165) is 30.2 Å². The third-order valence-electron chi connectivity index (χ3n) is 3.66. The molecular formula is C17H27ClN2O. The molecule has 1 aromatic rings. The number of ether oxygens (including phenoxy) is 1. The van der Waals surface area contributed by atoms with Gasteiger partial charge in [-0.1, -0.05) is 13.8 Å². The van der Waals surface area contributed by atoms with Crippen molar-refractivity contribution >= 4 is 17.4 Å². The van der Waals surface area contributed by atoms with Gasteiger partial charge >= 0.3 is 0 Å². The van der Waals surface area contributed by atoms with Gasteiger partial charge in [-0.15, -0.1) is 11.6 Å². The van der Waals surface area contributed by atoms with Crippen molar-refractivity contribution in [2.45, 2.75) is 64.5 Å². The zero-order chi connectivity index (χ0) is 15.8. The Kier molecular flexibility index (Phi) is 4.55.